The van der Waals surface area contributed by atoms with E-state index in [0.29, 0.717) is 17.7 Å². The van der Waals surface area contributed by atoms with Gasteiger partial charge in [0, 0.05) is 20.0 Å². The fourth-order valence-electron chi connectivity index (χ4n) is 8.26. The summed E-state index contributed by atoms with van der Waals surface area (Å²) in [4.78, 5) is 127. The Labute approximate surface area is 417 Å². The summed E-state index contributed by atoms with van der Waals surface area (Å²) in [5.74, 6) is -27.4. The van der Waals surface area contributed by atoms with Crippen molar-refractivity contribution in [1.29, 1.82) is 0 Å². The number of halogens is 4. The summed E-state index contributed by atoms with van der Waals surface area (Å²) in [5, 5.41) is 18.0. The van der Waals surface area contributed by atoms with Crippen molar-refractivity contribution in [2.24, 2.45) is 23.7 Å². The molecule has 0 radical (unpaired) electrons. The lowest BCUT2D eigenvalue weighted by Crippen LogP contribution is -2.64. The van der Waals surface area contributed by atoms with Gasteiger partial charge in [-0.1, -0.05) is 60.1 Å². The van der Waals surface area contributed by atoms with Gasteiger partial charge in [-0.15, -0.1) is 0 Å². The van der Waals surface area contributed by atoms with Crippen molar-refractivity contribution >= 4 is 53.2 Å². The van der Waals surface area contributed by atoms with E-state index in [9.17, 15) is 48.3 Å². The normalized spacial score (nSPS) is 26.7. The number of likely N-dealkylation sites (N-methyl/N-ethyl adjacent to an activating group) is 1. The first-order chi connectivity index (χ1) is 33.4. The smallest absolute Gasteiger partial charge is 0.413 e. The summed E-state index contributed by atoms with van der Waals surface area (Å²) >= 11 is 0. The number of nitrogens with one attached hydrogen (secondary N) is 3. The number of cyclic esters (lactones) is 2. The van der Waals surface area contributed by atoms with Crippen LogP contribution in [0.3, 0.4) is 0 Å². The van der Waals surface area contributed by atoms with Crippen molar-refractivity contribution in [2.45, 2.75) is 174 Å². The highest BCUT2D eigenvalue weighted by Gasteiger charge is 2.68. The van der Waals surface area contributed by atoms with Crippen LogP contribution in [0.2, 0.25) is 0 Å². The fourth-order valence-corrected chi connectivity index (χ4v) is 8.26. The highest BCUT2D eigenvalue weighted by atomic mass is 19.3. The van der Waals surface area contributed by atoms with Crippen LogP contribution in [0.25, 0.3) is 0 Å². The SMILES string of the molecule is CC[C@H](C)[C@H]1NC(=O)[C@@H](NC(=O)C(F)(F)C(F)(F)C(=O)OC(C)C)[C@@H](C)OC(=O)[C@H](Cc2ccc(OC)cc2)N(C)C(=O)[C@@H]2CCCN2C(=O)[C@H](CC(C)C)NC(=O)[C@@H](C)C(=O)[C@H](C(C)C)OC(=O)C[C@@H]1O. The number of amides is 5. The molecule has 19 nitrogen and oxygen atoms in total. The number of carbonyl (C=O) groups is 9. The van der Waals surface area contributed by atoms with E-state index < -0.39 is 144 Å². The first kappa shape index (κ1) is 60.4. The number of carbonyl (C=O) groups excluding carboxylic acids is 9. The molecule has 2 saturated heterocycles. The number of Topliss-reactive ketones (excluding diaryl/α,β-unsaturated/α-hetero) is 1. The van der Waals surface area contributed by atoms with Gasteiger partial charge in [-0.2, -0.15) is 17.6 Å². The van der Waals surface area contributed by atoms with Crippen LogP contribution in [0.1, 0.15) is 107 Å². The predicted octanol–water partition coefficient (Wildman–Crippen LogP) is 3.29. The van der Waals surface area contributed by atoms with E-state index in [4.69, 9.17) is 14.2 Å². The van der Waals surface area contributed by atoms with Crippen molar-refractivity contribution < 1.29 is 84.8 Å². The zero-order valence-electron chi connectivity index (χ0n) is 42.9. The number of esters is 3. The standard InChI is InChI=1S/C49H71F4N5O14/c1-13-27(8)37-35(59)23-36(60)72-40(25(4)5)39(61)28(9)41(62)54-32(21-24(2)3)43(64)58-20-14-15-33(58)44(65)57(11)34(22-30-16-18-31(69-12)19-17-30)45(66)71-29(10)38(42(63)55-37)56-46(67)48(50,51)49(52,53)47(68)70-26(6)7/h16-19,24-29,32-35,37-38,40,59H,13-15,20-23H2,1-12H3,(H,54,62)(H,55,63)(H,56,67)/t27-,28-,29+,32-,33-,34-,35-,37+,38-,40-/m0/s1. The summed E-state index contributed by atoms with van der Waals surface area (Å²) in [6, 6.07) is -1.96. The van der Waals surface area contributed by atoms with Gasteiger partial charge in [0.05, 0.1) is 37.7 Å². The molecule has 0 bridgehead atoms. The minimum absolute atomic E-state index is 0.0386. The van der Waals surface area contributed by atoms with Gasteiger partial charge in [-0.25, -0.2) is 9.59 Å². The highest BCUT2D eigenvalue weighted by molar-refractivity contribution is 6.05. The Morgan fingerprint density at radius 3 is 2.04 bits per heavy atom. The monoisotopic (exact) mass is 1030 g/mol. The summed E-state index contributed by atoms with van der Waals surface area (Å²) in [6.07, 6.45) is -7.47. The molecule has 0 unspecified atom stereocenters. The van der Waals surface area contributed by atoms with Crippen LogP contribution in [0, 0.1) is 23.7 Å². The molecule has 2 aliphatic heterocycles. The minimum Gasteiger partial charge on any atom is -0.497 e. The van der Waals surface area contributed by atoms with E-state index in [1.54, 1.807) is 45.0 Å². The molecule has 1 aromatic rings. The van der Waals surface area contributed by atoms with Crippen LogP contribution in [-0.2, 0) is 63.8 Å². The molecule has 1 aromatic carbocycles. The summed E-state index contributed by atoms with van der Waals surface area (Å²) in [6.45, 7) is 14.1. The van der Waals surface area contributed by atoms with Crippen molar-refractivity contribution in [1.82, 2.24) is 25.8 Å². The number of rotatable bonds is 13. The Morgan fingerprint density at radius 2 is 1.50 bits per heavy atom. The summed E-state index contributed by atoms with van der Waals surface area (Å²) in [5.41, 5.74) is 0.409. The molecule has 2 heterocycles. The lowest BCUT2D eigenvalue weighted by atomic mass is 9.91. The van der Waals surface area contributed by atoms with E-state index in [2.05, 4.69) is 15.4 Å². The molecule has 72 heavy (non-hydrogen) atoms. The van der Waals surface area contributed by atoms with Gasteiger partial charge in [-0.05, 0) is 82.4 Å². The van der Waals surface area contributed by atoms with Gasteiger partial charge in [0.15, 0.2) is 11.9 Å². The van der Waals surface area contributed by atoms with Crippen LogP contribution >= 0.6 is 0 Å². The van der Waals surface area contributed by atoms with Gasteiger partial charge >= 0.3 is 29.8 Å². The van der Waals surface area contributed by atoms with E-state index in [-0.39, 0.29) is 38.1 Å². The third kappa shape index (κ3) is 14.9. The van der Waals surface area contributed by atoms with Gasteiger partial charge < -0.3 is 49.8 Å². The van der Waals surface area contributed by atoms with Gasteiger partial charge in [0.1, 0.15) is 36.0 Å². The van der Waals surface area contributed by atoms with E-state index in [1.165, 1.54) is 52.1 Å². The van der Waals surface area contributed by atoms with Crippen molar-refractivity contribution in [3.8, 4) is 5.75 Å². The van der Waals surface area contributed by atoms with Crippen molar-refractivity contribution in [3.63, 3.8) is 0 Å². The molecule has 3 rings (SSSR count). The molecular formula is C49H71F4N5O14. The number of nitrogens with zero attached hydrogens (tertiary/aromatic N) is 2. The Morgan fingerprint density at radius 1 is 0.889 bits per heavy atom. The van der Waals surface area contributed by atoms with Crippen LogP contribution in [-0.4, -0.2) is 155 Å². The quantitative estimate of drug-likeness (QED) is 0.0958. The molecule has 404 valence electrons. The number of benzene rings is 1. The molecule has 23 heteroatoms. The van der Waals surface area contributed by atoms with E-state index >= 15 is 17.6 Å². The molecular weight excluding hydrogens is 959 g/mol. The van der Waals surface area contributed by atoms with E-state index in [0.717, 1.165) is 25.7 Å². The number of ether oxygens (including phenoxy) is 4. The maximum Gasteiger partial charge on any atom is 0.413 e. The molecule has 0 spiro atoms. The maximum absolute atomic E-state index is 15.5. The molecule has 5 amide bonds. The average molecular weight is 1030 g/mol. The van der Waals surface area contributed by atoms with Crippen molar-refractivity contribution in [3.05, 3.63) is 29.8 Å². The number of aliphatic hydroxyl groups is 1. The van der Waals surface area contributed by atoms with Crippen LogP contribution in [0.4, 0.5) is 17.6 Å². The van der Waals surface area contributed by atoms with Crippen molar-refractivity contribution in [2.75, 3.05) is 20.7 Å². The van der Waals surface area contributed by atoms with Crippen LogP contribution in [0.15, 0.2) is 24.3 Å². The molecule has 0 aliphatic carbocycles. The minimum atomic E-state index is -5.90. The van der Waals surface area contributed by atoms with Crippen LogP contribution < -0.4 is 20.7 Å². The molecule has 0 saturated carbocycles. The zero-order chi connectivity index (χ0) is 54.7. The summed E-state index contributed by atoms with van der Waals surface area (Å²) in [7, 11) is 2.63. The number of ketones is 1. The third-order valence-corrected chi connectivity index (χ3v) is 12.8. The lowest BCUT2D eigenvalue weighted by molar-refractivity contribution is -0.228. The largest absolute Gasteiger partial charge is 0.497 e. The molecule has 2 aliphatic rings. The molecule has 10 atom stereocenters. The van der Waals surface area contributed by atoms with E-state index in [1.807, 2.05) is 0 Å². The highest BCUT2D eigenvalue weighted by Crippen LogP contribution is 2.36. The number of alkyl halides is 4. The third-order valence-electron chi connectivity index (χ3n) is 12.8. The van der Waals surface area contributed by atoms with Gasteiger partial charge in [0.25, 0.3) is 5.91 Å². The first-order valence-electron chi connectivity index (χ1n) is 24.1. The second-order valence-corrected chi connectivity index (χ2v) is 19.6. The number of methoxy groups -OCH3 is 1. The first-order valence-corrected chi connectivity index (χ1v) is 24.1. The number of aliphatic hydroxyl groups excluding tert-OH is 1. The predicted molar refractivity (Wildman–Crippen MR) is 249 cm³/mol. The lowest BCUT2D eigenvalue weighted by Gasteiger charge is -2.35. The molecule has 2 fully saturated rings. The average Bonchev–Trinajstić information content (AvgIpc) is 3.80. The Hall–Kier alpha value is -5.87. The molecule has 4 N–H and O–H groups in total. The Balaban J connectivity index is 2.28. The number of hydrogen-bond donors (Lipinski definition) is 4. The molecule has 0 aromatic heterocycles. The summed E-state index contributed by atoms with van der Waals surface area (Å²) < 4.78 is 81.9. The topological polar surface area (TPSA) is 253 Å². The Bertz CT molecular complexity index is 2130. The second-order valence-electron chi connectivity index (χ2n) is 19.6. The zero-order valence-corrected chi connectivity index (χ0v) is 42.9. The van der Waals surface area contributed by atoms with Gasteiger partial charge in [0.2, 0.25) is 23.6 Å². The van der Waals surface area contributed by atoms with Crippen LogP contribution in [0.5, 0.6) is 5.75 Å². The van der Waals surface area contributed by atoms with Gasteiger partial charge in [-0.3, -0.25) is 33.6 Å². The second kappa shape index (κ2) is 25.7. The number of fused-ring (bicyclic) bond motifs is 1. The number of hydrogen-bond acceptors (Lipinski definition) is 14. The fraction of sp³-hybridized carbons (Fsp3) is 0.694. The Kier molecular flexibility index (Phi) is 21.6. The maximum atomic E-state index is 15.5.